The number of benzene rings is 1. The van der Waals surface area contributed by atoms with Crippen molar-refractivity contribution in [2.75, 3.05) is 26.2 Å². The number of amides is 1. The molecule has 3 rings (SSSR count). The van der Waals surface area contributed by atoms with Crippen molar-refractivity contribution in [3.8, 4) is 0 Å². The maximum atomic E-state index is 13.3. The molecule has 1 amide bonds. The molecule has 27 heavy (non-hydrogen) atoms. The quantitative estimate of drug-likeness (QED) is 0.811. The number of nitrogens with zero attached hydrogens (tertiary/aromatic N) is 3. The van der Waals surface area contributed by atoms with E-state index < -0.39 is 10.0 Å². The average molecular weight is 388 g/mol. The van der Waals surface area contributed by atoms with E-state index in [1.54, 1.807) is 23.2 Å². The van der Waals surface area contributed by atoms with Crippen LogP contribution in [0.15, 0.2) is 35.5 Å². The Balaban J connectivity index is 1.81. The van der Waals surface area contributed by atoms with Crippen LogP contribution in [0, 0.1) is 27.7 Å². The van der Waals surface area contributed by atoms with Gasteiger partial charge in [0.2, 0.25) is 10.0 Å². The molecule has 1 saturated heterocycles. The average Bonchev–Trinajstić information content (AvgIpc) is 2.66. The maximum absolute atomic E-state index is 13.3. The van der Waals surface area contributed by atoms with E-state index in [1.807, 2.05) is 33.8 Å². The van der Waals surface area contributed by atoms with Crippen LogP contribution in [0.3, 0.4) is 0 Å². The first-order chi connectivity index (χ1) is 12.7. The summed E-state index contributed by atoms with van der Waals surface area (Å²) in [5, 5.41) is 0. The van der Waals surface area contributed by atoms with Crippen molar-refractivity contribution in [3.05, 3.63) is 58.4 Å². The minimum Gasteiger partial charge on any atom is -0.336 e. The summed E-state index contributed by atoms with van der Waals surface area (Å²) in [6.45, 7) is 8.91. The van der Waals surface area contributed by atoms with Gasteiger partial charge in [-0.15, -0.1) is 0 Å². The van der Waals surface area contributed by atoms with E-state index in [2.05, 4.69) is 4.98 Å². The third-order valence-corrected chi connectivity index (χ3v) is 7.50. The predicted molar refractivity (Wildman–Crippen MR) is 104 cm³/mol. The number of hydrogen-bond acceptors (Lipinski definition) is 4. The first kappa shape index (κ1) is 19.5. The molecular weight excluding hydrogens is 362 g/mol. The van der Waals surface area contributed by atoms with E-state index in [9.17, 15) is 13.2 Å². The van der Waals surface area contributed by atoms with Crippen LogP contribution in [0.25, 0.3) is 0 Å². The lowest BCUT2D eigenvalue weighted by Gasteiger charge is -2.34. The van der Waals surface area contributed by atoms with Gasteiger partial charge in [-0.05, 0) is 62.1 Å². The number of hydrogen-bond donors (Lipinski definition) is 0. The molecule has 1 fully saturated rings. The Hall–Kier alpha value is -2.25. The number of piperazine rings is 1. The molecule has 6 nitrogen and oxygen atoms in total. The molecular formula is C20H25N3O3S. The number of aryl methyl sites for hydroxylation is 2. The number of carbonyl (C=O) groups is 1. The molecule has 144 valence electrons. The molecule has 0 unspecified atom stereocenters. The van der Waals surface area contributed by atoms with Crippen molar-refractivity contribution in [2.45, 2.75) is 32.6 Å². The van der Waals surface area contributed by atoms with Gasteiger partial charge in [0.25, 0.3) is 5.91 Å². The minimum absolute atomic E-state index is 0.112. The van der Waals surface area contributed by atoms with E-state index in [1.165, 1.54) is 10.5 Å². The molecule has 0 saturated carbocycles. The van der Waals surface area contributed by atoms with Crippen molar-refractivity contribution in [3.63, 3.8) is 0 Å². The molecule has 1 aromatic carbocycles. The van der Waals surface area contributed by atoms with Crippen molar-refractivity contribution in [1.29, 1.82) is 0 Å². The van der Waals surface area contributed by atoms with Gasteiger partial charge in [-0.1, -0.05) is 6.07 Å². The zero-order valence-electron chi connectivity index (χ0n) is 16.2. The molecule has 0 aliphatic carbocycles. The van der Waals surface area contributed by atoms with Crippen LogP contribution in [0.2, 0.25) is 0 Å². The van der Waals surface area contributed by atoms with Crippen LogP contribution in [0.1, 0.15) is 32.6 Å². The molecule has 0 radical (unpaired) electrons. The van der Waals surface area contributed by atoms with Gasteiger partial charge in [0, 0.05) is 38.6 Å². The fraction of sp³-hybridized carbons (Fsp3) is 0.400. The molecule has 1 aromatic heterocycles. The van der Waals surface area contributed by atoms with E-state index in [4.69, 9.17) is 0 Å². The summed E-state index contributed by atoms with van der Waals surface area (Å²) in [5.74, 6) is -0.112. The Morgan fingerprint density at radius 3 is 2.11 bits per heavy atom. The second-order valence-corrected chi connectivity index (χ2v) is 8.90. The third kappa shape index (κ3) is 3.61. The lowest BCUT2D eigenvalue weighted by Crippen LogP contribution is -2.50. The topological polar surface area (TPSA) is 70.6 Å². The zero-order chi connectivity index (χ0) is 19.8. The Labute approximate surface area is 160 Å². The lowest BCUT2D eigenvalue weighted by molar-refractivity contribution is 0.0697. The van der Waals surface area contributed by atoms with Gasteiger partial charge in [-0.2, -0.15) is 4.31 Å². The summed E-state index contributed by atoms with van der Waals surface area (Å²) in [5.41, 5.74) is 4.07. The van der Waals surface area contributed by atoms with Crippen LogP contribution in [-0.2, 0) is 10.0 Å². The van der Waals surface area contributed by atoms with E-state index in [0.717, 1.165) is 22.3 Å². The summed E-state index contributed by atoms with van der Waals surface area (Å²) < 4.78 is 28.1. The zero-order valence-corrected chi connectivity index (χ0v) is 17.0. The summed E-state index contributed by atoms with van der Waals surface area (Å²) in [7, 11) is -3.60. The molecule has 0 atom stereocenters. The molecule has 0 bridgehead atoms. The van der Waals surface area contributed by atoms with Crippen molar-refractivity contribution in [1.82, 2.24) is 14.2 Å². The van der Waals surface area contributed by atoms with Crippen LogP contribution >= 0.6 is 0 Å². The number of sulfonamides is 1. The predicted octanol–water partition coefficient (Wildman–Crippen LogP) is 2.46. The van der Waals surface area contributed by atoms with Crippen LogP contribution < -0.4 is 0 Å². The first-order valence-corrected chi connectivity index (χ1v) is 10.4. The summed E-state index contributed by atoms with van der Waals surface area (Å²) >= 11 is 0. The normalized spacial score (nSPS) is 15.8. The molecule has 1 aliphatic rings. The number of aromatic nitrogens is 1. The molecule has 0 N–H and O–H groups in total. The molecule has 1 aliphatic heterocycles. The van der Waals surface area contributed by atoms with E-state index in [0.29, 0.717) is 36.6 Å². The largest absolute Gasteiger partial charge is 0.336 e. The fourth-order valence-corrected chi connectivity index (χ4v) is 5.50. The summed E-state index contributed by atoms with van der Waals surface area (Å²) in [4.78, 5) is 18.6. The highest BCUT2D eigenvalue weighted by molar-refractivity contribution is 7.89. The summed E-state index contributed by atoms with van der Waals surface area (Å²) in [6, 6.07) is 5.47. The first-order valence-electron chi connectivity index (χ1n) is 9.00. The second-order valence-electron chi connectivity index (χ2n) is 7.03. The van der Waals surface area contributed by atoms with Crippen LogP contribution in [0.5, 0.6) is 0 Å². The molecule has 2 aromatic rings. The van der Waals surface area contributed by atoms with Gasteiger partial charge in [-0.25, -0.2) is 8.42 Å². The number of carbonyl (C=O) groups excluding carboxylic acids is 1. The van der Waals surface area contributed by atoms with Crippen molar-refractivity contribution < 1.29 is 13.2 Å². The van der Waals surface area contributed by atoms with Gasteiger partial charge in [-0.3, -0.25) is 9.78 Å². The Bertz CT molecular complexity index is 937. The number of pyridine rings is 1. The lowest BCUT2D eigenvalue weighted by atomic mass is 10.0. The number of rotatable bonds is 3. The smallest absolute Gasteiger partial charge is 0.255 e. The van der Waals surface area contributed by atoms with E-state index >= 15 is 0 Å². The van der Waals surface area contributed by atoms with Gasteiger partial charge >= 0.3 is 0 Å². The highest BCUT2D eigenvalue weighted by atomic mass is 32.2. The van der Waals surface area contributed by atoms with Gasteiger partial charge in [0.1, 0.15) is 0 Å². The SMILES string of the molecule is Cc1cc(C)c(C)c(S(=O)(=O)N2CCN(C(=O)c3cccnc3)CC2)c1C. The van der Waals surface area contributed by atoms with Gasteiger partial charge < -0.3 is 4.90 Å². The monoisotopic (exact) mass is 387 g/mol. The highest BCUT2D eigenvalue weighted by Gasteiger charge is 2.33. The van der Waals surface area contributed by atoms with Crippen LogP contribution in [0.4, 0.5) is 0 Å². The maximum Gasteiger partial charge on any atom is 0.255 e. The van der Waals surface area contributed by atoms with Crippen LogP contribution in [-0.4, -0.2) is 54.7 Å². The Kier molecular flexibility index (Phi) is 5.35. The third-order valence-electron chi connectivity index (χ3n) is 5.33. The Morgan fingerprint density at radius 1 is 1.00 bits per heavy atom. The highest BCUT2D eigenvalue weighted by Crippen LogP contribution is 2.29. The second kappa shape index (κ2) is 7.40. The standard InChI is InChI=1S/C20H25N3O3S/c1-14-12-15(2)17(4)19(16(14)3)27(25,26)23-10-8-22(9-11-23)20(24)18-6-5-7-21-13-18/h5-7,12-13H,8-11H2,1-4H3. The molecule has 2 heterocycles. The van der Waals surface area contributed by atoms with Gasteiger partial charge in [0.05, 0.1) is 10.5 Å². The molecule has 7 heteroatoms. The molecule has 0 spiro atoms. The van der Waals surface area contributed by atoms with Crippen molar-refractivity contribution in [2.24, 2.45) is 0 Å². The summed E-state index contributed by atoms with van der Waals surface area (Å²) in [6.07, 6.45) is 3.16. The Morgan fingerprint density at radius 2 is 1.59 bits per heavy atom. The fourth-order valence-electron chi connectivity index (χ4n) is 3.50. The minimum atomic E-state index is -3.60. The van der Waals surface area contributed by atoms with E-state index in [-0.39, 0.29) is 5.91 Å². The van der Waals surface area contributed by atoms with Crippen molar-refractivity contribution >= 4 is 15.9 Å². The van der Waals surface area contributed by atoms with Gasteiger partial charge in [0.15, 0.2) is 0 Å².